The first-order valence-corrected chi connectivity index (χ1v) is 21.4. The van der Waals surface area contributed by atoms with Gasteiger partial charge in [0.15, 0.2) is 6.10 Å². The molecule has 0 rings (SSSR count). The molecule has 0 heterocycles. The monoisotopic (exact) mass is 739 g/mol. The zero-order valence-electron chi connectivity index (χ0n) is 34.3. The number of hydrogen-bond donors (Lipinski definition) is 0. The molecule has 0 amide bonds. The van der Waals surface area contributed by atoms with Gasteiger partial charge in [0, 0.05) is 19.3 Å². The van der Waals surface area contributed by atoms with Gasteiger partial charge in [-0.1, -0.05) is 158 Å². The summed E-state index contributed by atoms with van der Waals surface area (Å²) >= 11 is 0. The van der Waals surface area contributed by atoms with E-state index in [4.69, 9.17) is 14.2 Å². The van der Waals surface area contributed by atoms with Crippen LogP contribution >= 0.6 is 0 Å². The van der Waals surface area contributed by atoms with Crippen molar-refractivity contribution >= 4 is 17.9 Å². The minimum atomic E-state index is -0.787. The zero-order chi connectivity index (χ0) is 38.7. The highest BCUT2D eigenvalue weighted by atomic mass is 16.6. The van der Waals surface area contributed by atoms with Gasteiger partial charge in [0.1, 0.15) is 13.2 Å². The molecule has 1 unspecified atom stereocenters. The molecule has 302 valence electrons. The quantitative estimate of drug-likeness (QED) is 0.0273. The summed E-state index contributed by atoms with van der Waals surface area (Å²) in [4.78, 5) is 37.4. The highest BCUT2D eigenvalue weighted by Crippen LogP contribution is 2.12. The van der Waals surface area contributed by atoms with E-state index in [1.807, 2.05) is 0 Å². The van der Waals surface area contributed by atoms with Crippen LogP contribution in [0.25, 0.3) is 0 Å². The van der Waals surface area contributed by atoms with Gasteiger partial charge in [-0.2, -0.15) is 0 Å². The van der Waals surface area contributed by atoms with Gasteiger partial charge in [0.05, 0.1) is 0 Å². The second-order valence-corrected chi connectivity index (χ2v) is 13.9. The molecule has 6 nitrogen and oxygen atoms in total. The summed E-state index contributed by atoms with van der Waals surface area (Å²) in [6, 6.07) is 0. The fraction of sp³-hybridized carbons (Fsp3) is 0.681. The van der Waals surface area contributed by atoms with Gasteiger partial charge in [-0.15, -0.1) is 0 Å². The minimum absolute atomic E-state index is 0.0912. The van der Waals surface area contributed by atoms with E-state index >= 15 is 0 Å². The lowest BCUT2D eigenvalue weighted by atomic mass is 10.1. The second-order valence-electron chi connectivity index (χ2n) is 13.9. The molecule has 0 aromatic rings. The van der Waals surface area contributed by atoms with E-state index in [9.17, 15) is 14.4 Å². The average molecular weight is 739 g/mol. The van der Waals surface area contributed by atoms with Gasteiger partial charge < -0.3 is 14.2 Å². The van der Waals surface area contributed by atoms with E-state index in [1.54, 1.807) is 0 Å². The Bertz CT molecular complexity index is 1030. The number of unbranched alkanes of at least 4 members (excludes halogenated alkanes) is 14. The molecule has 0 aliphatic rings. The van der Waals surface area contributed by atoms with Gasteiger partial charge in [0.25, 0.3) is 0 Å². The molecule has 0 spiro atoms. The highest BCUT2D eigenvalue weighted by molar-refractivity contribution is 5.71. The van der Waals surface area contributed by atoms with Crippen LogP contribution in [0, 0.1) is 0 Å². The number of rotatable bonds is 37. The van der Waals surface area contributed by atoms with E-state index in [0.717, 1.165) is 135 Å². The Hall–Kier alpha value is -3.15. The average Bonchev–Trinajstić information content (AvgIpc) is 3.15. The van der Waals surface area contributed by atoms with Gasteiger partial charge in [-0.25, -0.2) is 0 Å². The van der Waals surface area contributed by atoms with Crippen LogP contribution in [-0.4, -0.2) is 37.2 Å². The van der Waals surface area contributed by atoms with Crippen molar-refractivity contribution in [2.75, 3.05) is 13.2 Å². The molecule has 0 aliphatic carbocycles. The summed E-state index contributed by atoms with van der Waals surface area (Å²) in [5, 5.41) is 0. The number of carbonyl (C=O) groups is 3. The summed E-state index contributed by atoms with van der Waals surface area (Å²) in [5.41, 5.74) is 0. The number of hydrogen-bond acceptors (Lipinski definition) is 6. The Kier molecular flexibility index (Phi) is 39.1. The van der Waals surface area contributed by atoms with Crippen molar-refractivity contribution in [1.29, 1.82) is 0 Å². The van der Waals surface area contributed by atoms with Crippen molar-refractivity contribution in [2.45, 2.75) is 194 Å². The fourth-order valence-corrected chi connectivity index (χ4v) is 5.47. The maximum Gasteiger partial charge on any atom is 0.306 e. The van der Waals surface area contributed by atoms with Crippen LogP contribution in [0.3, 0.4) is 0 Å². The first kappa shape index (κ1) is 49.9. The van der Waals surface area contributed by atoms with Crippen molar-refractivity contribution in [3.63, 3.8) is 0 Å². The molecular formula is C47H78O6. The fourth-order valence-electron chi connectivity index (χ4n) is 5.47. The summed E-state index contributed by atoms with van der Waals surface area (Å²) in [5.74, 6) is -0.953. The lowest BCUT2D eigenvalue weighted by molar-refractivity contribution is -0.167. The molecule has 53 heavy (non-hydrogen) atoms. The Morgan fingerprint density at radius 1 is 0.396 bits per heavy atom. The Labute approximate surface area is 325 Å². The third-order valence-electron chi connectivity index (χ3n) is 8.68. The SMILES string of the molecule is CC/C=C\C/C=C\C/C=C\C/C=C\CCCCCCC(=O)OCC(COC(=O)CCCCCCC)OC(=O)CCCCCCC/C=C\C/C=C\CCC. The molecule has 0 saturated heterocycles. The molecule has 0 N–H and O–H groups in total. The molecule has 0 bridgehead atoms. The van der Waals surface area contributed by atoms with Crippen molar-refractivity contribution in [2.24, 2.45) is 0 Å². The van der Waals surface area contributed by atoms with Crippen LogP contribution in [-0.2, 0) is 28.6 Å². The molecule has 0 aromatic heterocycles. The Morgan fingerprint density at radius 3 is 1.23 bits per heavy atom. The first-order valence-electron chi connectivity index (χ1n) is 21.4. The molecule has 6 heteroatoms. The maximum absolute atomic E-state index is 12.6. The molecule has 0 aliphatic heterocycles. The summed E-state index contributed by atoms with van der Waals surface area (Å²) in [6.07, 6.45) is 50.5. The van der Waals surface area contributed by atoms with E-state index in [0.29, 0.717) is 19.3 Å². The molecule has 0 fully saturated rings. The molecule has 0 aromatic carbocycles. The summed E-state index contributed by atoms with van der Waals surface area (Å²) in [6.45, 7) is 6.31. The van der Waals surface area contributed by atoms with Crippen molar-refractivity contribution in [3.8, 4) is 0 Å². The van der Waals surface area contributed by atoms with Crippen molar-refractivity contribution in [3.05, 3.63) is 72.9 Å². The Morgan fingerprint density at radius 2 is 0.774 bits per heavy atom. The normalized spacial score (nSPS) is 12.7. The zero-order valence-corrected chi connectivity index (χ0v) is 34.3. The van der Waals surface area contributed by atoms with Gasteiger partial charge in [0.2, 0.25) is 0 Å². The Balaban J connectivity index is 4.32. The maximum atomic E-state index is 12.6. The molecule has 0 radical (unpaired) electrons. The van der Waals surface area contributed by atoms with Crippen molar-refractivity contribution < 1.29 is 28.6 Å². The second kappa shape index (κ2) is 41.6. The van der Waals surface area contributed by atoms with Crippen LogP contribution in [0.5, 0.6) is 0 Å². The van der Waals surface area contributed by atoms with E-state index in [2.05, 4.69) is 93.7 Å². The predicted molar refractivity (Wildman–Crippen MR) is 224 cm³/mol. The standard InChI is InChI=1S/C47H78O6/c1-4-7-10-13-15-17-19-21-22-23-24-26-27-29-31-34-37-40-46(49)52-43-44(42-51-45(48)39-36-33-12-9-6-3)53-47(50)41-38-35-32-30-28-25-20-18-16-14-11-8-5-2/h7,10-11,14-15,17-18,20-22,24,26,44H,4-6,8-9,12-13,16,19,23,25,27-43H2,1-3H3/b10-7-,14-11-,17-15-,20-18-,22-21-,26-24-. The molecule has 0 saturated carbocycles. The van der Waals surface area contributed by atoms with E-state index < -0.39 is 6.10 Å². The van der Waals surface area contributed by atoms with Gasteiger partial charge in [-0.05, 0) is 83.5 Å². The van der Waals surface area contributed by atoms with Gasteiger partial charge in [-0.3, -0.25) is 14.4 Å². The molecular weight excluding hydrogens is 661 g/mol. The van der Waals surface area contributed by atoms with Crippen LogP contribution < -0.4 is 0 Å². The summed E-state index contributed by atoms with van der Waals surface area (Å²) < 4.78 is 16.5. The van der Waals surface area contributed by atoms with E-state index in [-0.39, 0.29) is 31.1 Å². The lowest BCUT2D eigenvalue weighted by Crippen LogP contribution is -2.30. The largest absolute Gasteiger partial charge is 0.462 e. The number of esters is 3. The smallest absolute Gasteiger partial charge is 0.306 e. The van der Waals surface area contributed by atoms with E-state index in [1.165, 1.54) is 12.8 Å². The molecule has 1 atom stereocenters. The van der Waals surface area contributed by atoms with Crippen LogP contribution in [0.4, 0.5) is 0 Å². The number of carbonyl (C=O) groups excluding carboxylic acids is 3. The highest BCUT2D eigenvalue weighted by Gasteiger charge is 2.19. The first-order chi connectivity index (χ1) is 26.0. The third kappa shape index (κ3) is 39.9. The number of ether oxygens (including phenoxy) is 3. The topological polar surface area (TPSA) is 78.9 Å². The summed E-state index contributed by atoms with van der Waals surface area (Å²) in [7, 11) is 0. The lowest BCUT2D eigenvalue weighted by Gasteiger charge is -2.18. The van der Waals surface area contributed by atoms with Crippen LogP contribution in [0.2, 0.25) is 0 Å². The van der Waals surface area contributed by atoms with Crippen LogP contribution in [0.1, 0.15) is 188 Å². The number of allylic oxidation sites excluding steroid dienone is 12. The third-order valence-corrected chi connectivity index (χ3v) is 8.68. The minimum Gasteiger partial charge on any atom is -0.462 e. The van der Waals surface area contributed by atoms with Crippen LogP contribution in [0.15, 0.2) is 72.9 Å². The van der Waals surface area contributed by atoms with Crippen molar-refractivity contribution in [1.82, 2.24) is 0 Å². The van der Waals surface area contributed by atoms with Gasteiger partial charge >= 0.3 is 17.9 Å². The predicted octanol–water partition coefficient (Wildman–Crippen LogP) is 13.5.